The summed E-state index contributed by atoms with van der Waals surface area (Å²) < 4.78 is 19.2. The number of halogens is 1. The molecule has 1 N–H and O–H groups in total. The van der Waals surface area contributed by atoms with Crippen molar-refractivity contribution in [3.05, 3.63) is 72.0 Å². The van der Waals surface area contributed by atoms with Crippen molar-refractivity contribution in [2.75, 3.05) is 11.9 Å². The lowest BCUT2D eigenvalue weighted by atomic mass is 10.0. The number of carbonyl (C=O) groups excluding carboxylic acids is 1. The van der Waals surface area contributed by atoms with Crippen LogP contribution in [0.3, 0.4) is 0 Å². The first-order valence-corrected chi connectivity index (χ1v) is 7.40. The number of hydrogen-bond acceptors (Lipinski definition) is 2. The van der Waals surface area contributed by atoms with Crippen LogP contribution < -0.4 is 10.1 Å². The molecule has 0 saturated heterocycles. The van der Waals surface area contributed by atoms with Gasteiger partial charge in [-0.1, -0.05) is 24.3 Å². The maximum atomic E-state index is 13.8. The molecule has 116 valence electrons. The van der Waals surface area contributed by atoms with Gasteiger partial charge in [0.2, 0.25) is 0 Å². The van der Waals surface area contributed by atoms with E-state index < -0.39 is 0 Å². The van der Waals surface area contributed by atoms with Crippen LogP contribution >= 0.6 is 0 Å². The van der Waals surface area contributed by atoms with Crippen LogP contribution in [0.15, 0.2) is 60.7 Å². The number of anilines is 1. The third-order valence-electron chi connectivity index (χ3n) is 3.54. The topological polar surface area (TPSA) is 38.3 Å². The van der Waals surface area contributed by atoms with Crippen LogP contribution in [0.5, 0.6) is 5.75 Å². The van der Waals surface area contributed by atoms with Gasteiger partial charge in [0.05, 0.1) is 6.61 Å². The van der Waals surface area contributed by atoms with Gasteiger partial charge in [-0.3, -0.25) is 4.79 Å². The van der Waals surface area contributed by atoms with E-state index >= 15 is 0 Å². The van der Waals surface area contributed by atoms with E-state index in [4.69, 9.17) is 4.74 Å². The first kappa shape index (κ1) is 15.0. The Kier molecular flexibility index (Phi) is 4.24. The van der Waals surface area contributed by atoms with Crippen molar-refractivity contribution in [3.8, 4) is 5.75 Å². The van der Waals surface area contributed by atoms with Crippen LogP contribution in [0.2, 0.25) is 0 Å². The molecule has 0 radical (unpaired) electrons. The molecular formula is C19H16FNO2. The van der Waals surface area contributed by atoms with Gasteiger partial charge in [-0.05, 0) is 48.7 Å². The summed E-state index contributed by atoms with van der Waals surface area (Å²) in [5, 5.41) is 3.85. The van der Waals surface area contributed by atoms with E-state index in [1.54, 1.807) is 48.5 Å². The fraction of sp³-hybridized carbons (Fsp3) is 0.105. The van der Waals surface area contributed by atoms with Crippen molar-refractivity contribution in [3.63, 3.8) is 0 Å². The predicted octanol–water partition coefficient (Wildman–Crippen LogP) is 4.63. The molecule has 23 heavy (non-hydrogen) atoms. The minimum atomic E-state index is -0.335. The Morgan fingerprint density at radius 3 is 2.39 bits per heavy atom. The van der Waals surface area contributed by atoms with Gasteiger partial charge in [0.15, 0.2) is 0 Å². The standard InChI is InChI=1S/C19H16FNO2/c1-2-23-14-9-7-13(8-10-14)21-19(22)17-11-12-18(20)16-6-4-3-5-15(16)17/h3-12H,2H2,1H3,(H,21,22). The van der Waals surface area contributed by atoms with Gasteiger partial charge in [-0.2, -0.15) is 0 Å². The van der Waals surface area contributed by atoms with Gasteiger partial charge in [0.1, 0.15) is 11.6 Å². The van der Waals surface area contributed by atoms with E-state index in [2.05, 4.69) is 5.32 Å². The zero-order valence-electron chi connectivity index (χ0n) is 12.7. The van der Waals surface area contributed by atoms with Gasteiger partial charge in [0, 0.05) is 16.6 Å². The summed E-state index contributed by atoms with van der Waals surface area (Å²) >= 11 is 0. The molecule has 0 aromatic heterocycles. The average molecular weight is 309 g/mol. The largest absolute Gasteiger partial charge is 0.494 e. The minimum Gasteiger partial charge on any atom is -0.494 e. The summed E-state index contributed by atoms with van der Waals surface area (Å²) in [5.41, 5.74) is 1.10. The number of hydrogen-bond donors (Lipinski definition) is 1. The highest BCUT2D eigenvalue weighted by Crippen LogP contribution is 2.23. The normalized spacial score (nSPS) is 10.5. The second kappa shape index (κ2) is 6.48. The van der Waals surface area contributed by atoms with Gasteiger partial charge < -0.3 is 10.1 Å². The molecule has 4 heteroatoms. The first-order valence-electron chi connectivity index (χ1n) is 7.40. The lowest BCUT2D eigenvalue weighted by Crippen LogP contribution is -2.12. The number of amides is 1. The van der Waals surface area contributed by atoms with Crippen molar-refractivity contribution in [2.24, 2.45) is 0 Å². The summed E-state index contributed by atoms with van der Waals surface area (Å²) in [4.78, 5) is 12.5. The van der Waals surface area contributed by atoms with Crippen LogP contribution in [-0.4, -0.2) is 12.5 Å². The molecule has 0 unspecified atom stereocenters. The fourth-order valence-electron chi connectivity index (χ4n) is 2.46. The first-order chi connectivity index (χ1) is 11.2. The second-order valence-electron chi connectivity index (χ2n) is 5.05. The molecule has 0 bridgehead atoms. The lowest BCUT2D eigenvalue weighted by Gasteiger charge is -2.09. The molecule has 3 aromatic carbocycles. The van der Waals surface area contributed by atoms with E-state index in [0.717, 1.165) is 5.75 Å². The molecule has 0 spiro atoms. The van der Waals surface area contributed by atoms with E-state index in [9.17, 15) is 9.18 Å². The van der Waals surface area contributed by atoms with Crippen molar-refractivity contribution >= 4 is 22.4 Å². The Morgan fingerprint density at radius 2 is 1.70 bits per heavy atom. The Labute approximate surface area is 133 Å². The van der Waals surface area contributed by atoms with E-state index in [-0.39, 0.29) is 11.7 Å². The molecule has 0 aliphatic heterocycles. The quantitative estimate of drug-likeness (QED) is 0.763. The third-order valence-corrected chi connectivity index (χ3v) is 3.54. The van der Waals surface area contributed by atoms with Crippen LogP contribution in [0, 0.1) is 5.82 Å². The van der Waals surface area contributed by atoms with Crippen molar-refractivity contribution < 1.29 is 13.9 Å². The lowest BCUT2D eigenvalue weighted by molar-refractivity contribution is 0.102. The van der Waals surface area contributed by atoms with Gasteiger partial charge in [0.25, 0.3) is 5.91 Å². The monoisotopic (exact) mass is 309 g/mol. The second-order valence-corrected chi connectivity index (χ2v) is 5.05. The van der Waals surface area contributed by atoms with E-state index in [1.807, 2.05) is 6.92 Å². The van der Waals surface area contributed by atoms with Gasteiger partial charge in [-0.15, -0.1) is 0 Å². The Bertz CT molecular complexity index is 844. The number of nitrogens with one attached hydrogen (secondary N) is 1. The zero-order chi connectivity index (χ0) is 16.2. The van der Waals surface area contributed by atoms with Gasteiger partial charge >= 0.3 is 0 Å². The van der Waals surface area contributed by atoms with Crippen LogP contribution in [0.4, 0.5) is 10.1 Å². The Balaban J connectivity index is 1.87. The molecule has 0 atom stereocenters. The summed E-state index contributed by atoms with van der Waals surface area (Å²) in [7, 11) is 0. The molecule has 0 heterocycles. The number of rotatable bonds is 4. The average Bonchev–Trinajstić information content (AvgIpc) is 2.57. The molecule has 3 aromatic rings. The maximum absolute atomic E-state index is 13.8. The molecule has 0 fully saturated rings. The van der Waals surface area contributed by atoms with Crippen LogP contribution in [0.1, 0.15) is 17.3 Å². The van der Waals surface area contributed by atoms with E-state index in [1.165, 1.54) is 12.1 Å². The summed E-state index contributed by atoms with van der Waals surface area (Å²) in [5.74, 6) is 0.140. The van der Waals surface area contributed by atoms with Crippen LogP contribution in [-0.2, 0) is 0 Å². The number of benzene rings is 3. The fourth-order valence-corrected chi connectivity index (χ4v) is 2.46. The third kappa shape index (κ3) is 3.16. The van der Waals surface area contributed by atoms with Crippen molar-refractivity contribution in [1.82, 2.24) is 0 Å². The molecule has 1 amide bonds. The van der Waals surface area contributed by atoms with Crippen molar-refractivity contribution in [1.29, 1.82) is 0 Å². The predicted molar refractivity (Wildman–Crippen MR) is 89.5 cm³/mol. The SMILES string of the molecule is CCOc1ccc(NC(=O)c2ccc(F)c3ccccc23)cc1. The molecule has 0 aliphatic rings. The number of fused-ring (bicyclic) bond motifs is 1. The zero-order valence-corrected chi connectivity index (χ0v) is 12.7. The highest BCUT2D eigenvalue weighted by Gasteiger charge is 2.12. The number of ether oxygens (including phenoxy) is 1. The molecule has 0 saturated carbocycles. The molecule has 3 rings (SSSR count). The summed E-state index contributed by atoms with van der Waals surface area (Å²) in [6.07, 6.45) is 0. The molecular weight excluding hydrogens is 293 g/mol. The maximum Gasteiger partial charge on any atom is 0.256 e. The van der Waals surface area contributed by atoms with E-state index in [0.29, 0.717) is 28.6 Å². The smallest absolute Gasteiger partial charge is 0.256 e. The molecule has 0 aliphatic carbocycles. The van der Waals surface area contributed by atoms with Crippen LogP contribution in [0.25, 0.3) is 10.8 Å². The Hall–Kier alpha value is -2.88. The minimum absolute atomic E-state index is 0.273. The number of carbonyl (C=O) groups is 1. The highest BCUT2D eigenvalue weighted by molar-refractivity contribution is 6.13. The highest BCUT2D eigenvalue weighted by atomic mass is 19.1. The van der Waals surface area contributed by atoms with Crippen molar-refractivity contribution in [2.45, 2.75) is 6.92 Å². The summed E-state index contributed by atoms with van der Waals surface area (Å²) in [6, 6.07) is 16.9. The van der Waals surface area contributed by atoms with Gasteiger partial charge in [-0.25, -0.2) is 4.39 Å². The molecule has 3 nitrogen and oxygen atoms in total. The Morgan fingerprint density at radius 1 is 1.00 bits per heavy atom. The summed E-state index contributed by atoms with van der Waals surface area (Å²) in [6.45, 7) is 2.50.